The van der Waals surface area contributed by atoms with Gasteiger partial charge in [0.1, 0.15) is 0 Å². The molecule has 1 aliphatic rings. The maximum absolute atomic E-state index is 3.47. The van der Waals surface area contributed by atoms with Crippen molar-refractivity contribution in [2.45, 2.75) is 12.8 Å². The Morgan fingerprint density at radius 2 is 2.55 bits per heavy atom. The van der Waals surface area contributed by atoms with Crippen LogP contribution in [-0.2, 0) is 0 Å². The first-order valence-corrected chi connectivity index (χ1v) is 5.16. The van der Waals surface area contributed by atoms with Crippen molar-refractivity contribution >= 4 is 33.0 Å². The first-order chi connectivity index (χ1) is 5.27. The third-order valence-electron chi connectivity index (χ3n) is 1.81. The van der Waals surface area contributed by atoms with Gasteiger partial charge < -0.3 is 5.43 Å². The summed E-state index contributed by atoms with van der Waals surface area (Å²) in [6.07, 6.45) is 0. The SMILES string of the molecule is CC1CNNc2cc(Br)sc21. The highest BCUT2D eigenvalue weighted by Crippen LogP contribution is 2.37. The number of rotatable bonds is 0. The molecular weight excluding hydrogens is 224 g/mol. The van der Waals surface area contributed by atoms with Crippen LogP contribution in [0.4, 0.5) is 5.69 Å². The van der Waals surface area contributed by atoms with E-state index < -0.39 is 0 Å². The van der Waals surface area contributed by atoms with E-state index >= 15 is 0 Å². The van der Waals surface area contributed by atoms with Gasteiger partial charge in [0.25, 0.3) is 0 Å². The Kier molecular flexibility index (Phi) is 1.91. The summed E-state index contributed by atoms with van der Waals surface area (Å²) < 4.78 is 1.20. The van der Waals surface area contributed by atoms with Gasteiger partial charge in [-0.05, 0) is 22.0 Å². The zero-order valence-electron chi connectivity index (χ0n) is 6.15. The van der Waals surface area contributed by atoms with Crippen LogP contribution < -0.4 is 10.9 Å². The van der Waals surface area contributed by atoms with Crippen molar-refractivity contribution in [3.05, 3.63) is 14.7 Å². The smallest absolute Gasteiger partial charge is 0.0723 e. The van der Waals surface area contributed by atoms with E-state index in [4.69, 9.17) is 0 Å². The zero-order chi connectivity index (χ0) is 7.84. The van der Waals surface area contributed by atoms with Crippen molar-refractivity contribution in [1.29, 1.82) is 0 Å². The number of anilines is 1. The lowest BCUT2D eigenvalue weighted by molar-refractivity contribution is 0.655. The molecule has 2 rings (SSSR count). The number of hydrazine groups is 1. The van der Waals surface area contributed by atoms with Crippen molar-refractivity contribution in [2.75, 3.05) is 12.0 Å². The van der Waals surface area contributed by atoms with Crippen LogP contribution in [0.3, 0.4) is 0 Å². The van der Waals surface area contributed by atoms with Gasteiger partial charge in [-0.2, -0.15) is 0 Å². The molecule has 4 heteroatoms. The summed E-state index contributed by atoms with van der Waals surface area (Å²) in [5, 5.41) is 0. The maximum Gasteiger partial charge on any atom is 0.0723 e. The highest BCUT2D eigenvalue weighted by molar-refractivity contribution is 9.11. The molecular formula is C7H9BrN2S. The second-order valence-electron chi connectivity index (χ2n) is 2.74. The first-order valence-electron chi connectivity index (χ1n) is 3.55. The second-order valence-corrected chi connectivity index (χ2v) is 5.20. The molecule has 0 aliphatic carbocycles. The Bertz CT molecular complexity index is 271. The monoisotopic (exact) mass is 232 g/mol. The van der Waals surface area contributed by atoms with E-state index in [1.54, 1.807) is 0 Å². The molecule has 0 fully saturated rings. The zero-order valence-corrected chi connectivity index (χ0v) is 8.55. The molecule has 1 aromatic heterocycles. The standard InChI is InChI=1S/C7H9BrN2S/c1-4-3-9-10-5-2-6(8)11-7(4)5/h2,4,9-10H,3H2,1H3. The molecule has 1 unspecified atom stereocenters. The van der Waals surface area contributed by atoms with Crippen LogP contribution in [0.15, 0.2) is 9.85 Å². The minimum absolute atomic E-state index is 0.627. The van der Waals surface area contributed by atoms with Crippen LogP contribution >= 0.6 is 27.3 Å². The van der Waals surface area contributed by atoms with Gasteiger partial charge >= 0.3 is 0 Å². The van der Waals surface area contributed by atoms with E-state index in [1.807, 2.05) is 11.3 Å². The van der Waals surface area contributed by atoms with Gasteiger partial charge in [-0.25, -0.2) is 5.43 Å². The quantitative estimate of drug-likeness (QED) is 0.719. The largest absolute Gasteiger partial charge is 0.320 e. The molecule has 0 amide bonds. The number of fused-ring (bicyclic) bond motifs is 1. The fraction of sp³-hybridized carbons (Fsp3) is 0.429. The average molecular weight is 233 g/mol. The van der Waals surface area contributed by atoms with Crippen LogP contribution in [0.2, 0.25) is 0 Å². The molecule has 0 spiro atoms. The van der Waals surface area contributed by atoms with Crippen molar-refractivity contribution in [1.82, 2.24) is 5.43 Å². The highest BCUT2D eigenvalue weighted by Gasteiger charge is 2.18. The van der Waals surface area contributed by atoms with Crippen LogP contribution in [0.25, 0.3) is 0 Å². The fourth-order valence-electron chi connectivity index (χ4n) is 1.23. The normalized spacial score (nSPS) is 22.5. The van der Waals surface area contributed by atoms with Crippen molar-refractivity contribution in [2.24, 2.45) is 0 Å². The molecule has 1 aromatic rings. The number of hydrogen-bond donors (Lipinski definition) is 2. The predicted molar refractivity (Wildman–Crippen MR) is 52.1 cm³/mol. The molecule has 0 bridgehead atoms. The summed E-state index contributed by atoms with van der Waals surface area (Å²) in [6.45, 7) is 3.25. The van der Waals surface area contributed by atoms with E-state index in [9.17, 15) is 0 Å². The topological polar surface area (TPSA) is 24.1 Å². The molecule has 2 N–H and O–H groups in total. The summed E-state index contributed by atoms with van der Waals surface area (Å²) in [4.78, 5) is 1.44. The molecule has 0 aromatic carbocycles. The Balaban J connectivity index is 2.43. The summed E-state index contributed by atoms with van der Waals surface area (Å²) in [5.41, 5.74) is 7.51. The number of nitrogens with one attached hydrogen (secondary N) is 2. The summed E-state index contributed by atoms with van der Waals surface area (Å²) in [6, 6.07) is 2.11. The average Bonchev–Trinajstić information content (AvgIpc) is 2.31. The van der Waals surface area contributed by atoms with Gasteiger partial charge in [-0.3, -0.25) is 0 Å². The van der Waals surface area contributed by atoms with E-state index in [0.29, 0.717) is 5.92 Å². The molecule has 60 valence electrons. The van der Waals surface area contributed by atoms with Gasteiger partial charge in [0.05, 0.1) is 9.47 Å². The lowest BCUT2D eigenvalue weighted by Crippen LogP contribution is -2.30. The molecule has 0 saturated heterocycles. The highest BCUT2D eigenvalue weighted by atomic mass is 79.9. The Morgan fingerprint density at radius 3 is 3.27 bits per heavy atom. The predicted octanol–water partition coefficient (Wildman–Crippen LogP) is 2.54. The molecule has 2 heterocycles. The van der Waals surface area contributed by atoms with Gasteiger partial charge in [-0.1, -0.05) is 6.92 Å². The van der Waals surface area contributed by atoms with Crippen LogP contribution in [0, 0.1) is 0 Å². The third-order valence-corrected chi connectivity index (χ3v) is 3.68. The number of thiophene rings is 1. The van der Waals surface area contributed by atoms with Crippen molar-refractivity contribution in [3.8, 4) is 0 Å². The molecule has 11 heavy (non-hydrogen) atoms. The van der Waals surface area contributed by atoms with Gasteiger partial charge in [0, 0.05) is 17.3 Å². The van der Waals surface area contributed by atoms with Crippen molar-refractivity contribution < 1.29 is 0 Å². The Labute approximate surface area is 78.1 Å². The van der Waals surface area contributed by atoms with E-state index in [0.717, 1.165) is 6.54 Å². The van der Waals surface area contributed by atoms with Crippen molar-refractivity contribution in [3.63, 3.8) is 0 Å². The van der Waals surface area contributed by atoms with Crippen LogP contribution in [-0.4, -0.2) is 6.54 Å². The fourth-order valence-corrected chi connectivity index (χ4v) is 2.87. The minimum atomic E-state index is 0.627. The molecule has 2 nitrogen and oxygen atoms in total. The lowest BCUT2D eigenvalue weighted by atomic mass is 10.1. The van der Waals surface area contributed by atoms with Gasteiger partial charge in [-0.15, -0.1) is 11.3 Å². The maximum atomic E-state index is 3.47. The number of hydrogen-bond acceptors (Lipinski definition) is 3. The number of halogens is 1. The first kappa shape index (κ1) is 7.58. The van der Waals surface area contributed by atoms with E-state index in [1.165, 1.54) is 14.4 Å². The molecule has 0 radical (unpaired) electrons. The van der Waals surface area contributed by atoms with Gasteiger partial charge in [0.2, 0.25) is 0 Å². The summed E-state index contributed by atoms with van der Waals surface area (Å²) in [5.74, 6) is 0.627. The second kappa shape index (κ2) is 2.77. The van der Waals surface area contributed by atoms with E-state index in [-0.39, 0.29) is 0 Å². The molecule has 0 saturated carbocycles. The summed E-state index contributed by atoms with van der Waals surface area (Å²) >= 11 is 5.28. The van der Waals surface area contributed by atoms with Gasteiger partial charge in [0.15, 0.2) is 0 Å². The third kappa shape index (κ3) is 1.30. The Morgan fingerprint density at radius 1 is 1.73 bits per heavy atom. The molecule has 1 atom stereocenters. The lowest BCUT2D eigenvalue weighted by Gasteiger charge is -2.20. The molecule has 1 aliphatic heterocycles. The van der Waals surface area contributed by atoms with Crippen LogP contribution in [0.5, 0.6) is 0 Å². The van der Waals surface area contributed by atoms with E-state index in [2.05, 4.69) is 39.8 Å². The summed E-state index contributed by atoms with van der Waals surface area (Å²) in [7, 11) is 0. The Hall–Kier alpha value is -0.0600. The minimum Gasteiger partial charge on any atom is -0.320 e. The van der Waals surface area contributed by atoms with Crippen LogP contribution in [0.1, 0.15) is 17.7 Å².